The van der Waals surface area contributed by atoms with E-state index >= 15 is 0 Å². The average Bonchev–Trinajstić information content (AvgIpc) is 2.93. The maximum atomic E-state index is 12.7. The summed E-state index contributed by atoms with van der Waals surface area (Å²) in [6.07, 6.45) is 11.1. The summed E-state index contributed by atoms with van der Waals surface area (Å²) in [5.74, 6) is 2.42. The molecule has 0 aromatic rings. The molecule has 1 amide bonds. The molecule has 0 aromatic carbocycles. The molecule has 22 heavy (non-hydrogen) atoms. The van der Waals surface area contributed by atoms with Crippen LogP contribution in [0.2, 0.25) is 0 Å². The van der Waals surface area contributed by atoms with Gasteiger partial charge in [0.05, 0.1) is 0 Å². The minimum absolute atomic E-state index is 0.283. The highest BCUT2D eigenvalue weighted by molar-refractivity contribution is 5.93. The predicted molar refractivity (Wildman–Crippen MR) is 91.5 cm³/mol. The van der Waals surface area contributed by atoms with E-state index in [1.54, 1.807) is 11.1 Å². The summed E-state index contributed by atoms with van der Waals surface area (Å²) in [5, 5.41) is 0. The first kappa shape index (κ1) is 15.8. The topological polar surface area (TPSA) is 20.3 Å². The van der Waals surface area contributed by atoms with E-state index in [1.165, 1.54) is 44.9 Å². The van der Waals surface area contributed by atoms with E-state index in [1.807, 2.05) is 6.92 Å². The lowest BCUT2D eigenvalue weighted by molar-refractivity contribution is -0.127. The van der Waals surface area contributed by atoms with Gasteiger partial charge in [0.15, 0.2) is 0 Å². The van der Waals surface area contributed by atoms with Gasteiger partial charge in [0.1, 0.15) is 0 Å². The zero-order valence-corrected chi connectivity index (χ0v) is 14.5. The van der Waals surface area contributed by atoms with Gasteiger partial charge in [-0.2, -0.15) is 0 Å². The average molecular weight is 301 g/mol. The van der Waals surface area contributed by atoms with Gasteiger partial charge >= 0.3 is 0 Å². The third kappa shape index (κ3) is 3.02. The Kier molecular flexibility index (Phi) is 4.75. The Bertz CT molecular complexity index is 496. The van der Waals surface area contributed by atoms with E-state index < -0.39 is 0 Å². The number of hydrogen-bond donors (Lipinski definition) is 0. The minimum Gasteiger partial charge on any atom is -0.339 e. The molecule has 2 aliphatic carbocycles. The summed E-state index contributed by atoms with van der Waals surface area (Å²) < 4.78 is 0. The van der Waals surface area contributed by atoms with Gasteiger partial charge < -0.3 is 4.90 Å². The van der Waals surface area contributed by atoms with Gasteiger partial charge in [-0.1, -0.05) is 24.1 Å². The lowest BCUT2D eigenvalue weighted by Gasteiger charge is -2.34. The van der Waals surface area contributed by atoms with Crippen LogP contribution in [0.5, 0.6) is 0 Å². The van der Waals surface area contributed by atoms with Crippen LogP contribution in [0, 0.1) is 17.8 Å². The van der Waals surface area contributed by atoms with E-state index in [-0.39, 0.29) is 5.91 Å². The predicted octanol–water partition coefficient (Wildman–Crippen LogP) is 4.72. The van der Waals surface area contributed by atoms with Gasteiger partial charge in [-0.3, -0.25) is 4.79 Å². The van der Waals surface area contributed by atoms with Crippen LogP contribution in [0.25, 0.3) is 0 Å². The Balaban J connectivity index is 1.75. The summed E-state index contributed by atoms with van der Waals surface area (Å²) in [7, 11) is 0. The molecule has 2 fully saturated rings. The van der Waals surface area contributed by atoms with Gasteiger partial charge in [0.2, 0.25) is 5.91 Å². The van der Waals surface area contributed by atoms with Gasteiger partial charge in [-0.05, 0) is 76.5 Å². The zero-order valence-electron chi connectivity index (χ0n) is 14.5. The Morgan fingerprint density at radius 1 is 1.14 bits per heavy atom. The number of carbonyl (C=O) groups is 1. The van der Waals surface area contributed by atoms with Gasteiger partial charge in [-0.25, -0.2) is 0 Å². The van der Waals surface area contributed by atoms with Crippen molar-refractivity contribution in [2.45, 2.75) is 65.7 Å². The molecular weight excluding hydrogens is 270 g/mol. The third-order valence-electron chi connectivity index (χ3n) is 6.17. The lowest BCUT2D eigenvalue weighted by Crippen LogP contribution is -2.36. The van der Waals surface area contributed by atoms with Crippen molar-refractivity contribution in [1.29, 1.82) is 0 Å². The molecule has 0 bridgehead atoms. The molecule has 2 nitrogen and oxygen atoms in total. The largest absolute Gasteiger partial charge is 0.339 e. The molecule has 0 radical (unpaired) electrons. The molecule has 3 aliphatic rings. The van der Waals surface area contributed by atoms with Crippen LogP contribution in [0.1, 0.15) is 65.7 Å². The van der Waals surface area contributed by atoms with E-state index in [2.05, 4.69) is 24.8 Å². The highest BCUT2D eigenvalue weighted by atomic mass is 16.2. The van der Waals surface area contributed by atoms with Crippen LogP contribution in [-0.4, -0.2) is 23.9 Å². The molecule has 2 heteroatoms. The van der Waals surface area contributed by atoms with Crippen molar-refractivity contribution in [2.24, 2.45) is 17.8 Å². The molecule has 3 unspecified atom stereocenters. The molecule has 1 aliphatic heterocycles. The highest BCUT2D eigenvalue weighted by Crippen LogP contribution is 2.48. The van der Waals surface area contributed by atoms with Crippen molar-refractivity contribution in [1.82, 2.24) is 4.90 Å². The van der Waals surface area contributed by atoms with Crippen LogP contribution in [0.4, 0.5) is 0 Å². The van der Waals surface area contributed by atoms with Crippen LogP contribution < -0.4 is 0 Å². The van der Waals surface area contributed by atoms with E-state index in [0.717, 1.165) is 30.5 Å². The first-order valence-electron chi connectivity index (χ1n) is 9.25. The summed E-state index contributed by atoms with van der Waals surface area (Å²) >= 11 is 0. The van der Waals surface area contributed by atoms with Crippen molar-refractivity contribution in [3.05, 3.63) is 22.8 Å². The molecule has 0 spiro atoms. The quantitative estimate of drug-likeness (QED) is 0.534. The van der Waals surface area contributed by atoms with Crippen molar-refractivity contribution >= 4 is 5.91 Å². The SMILES string of the molecule is CC(=CC1CCC(C)C2CCC(C)=C12)C(=O)N1CCCCC1. The number of allylic oxidation sites excluding steroid dienone is 3. The Morgan fingerprint density at radius 3 is 2.59 bits per heavy atom. The Labute approximate surface area is 135 Å². The molecule has 122 valence electrons. The fraction of sp³-hybridized carbons (Fsp3) is 0.750. The third-order valence-corrected chi connectivity index (χ3v) is 6.17. The van der Waals surface area contributed by atoms with Crippen molar-refractivity contribution in [2.75, 3.05) is 13.1 Å². The van der Waals surface area contributed by atoms with E-state index in [0.29, 0.717) is 5.92 Å². The first-order valence-corrected chi connectivity index (χ1v) is 9.25. The van der Waals surface area contributed by atoms with Gasteiger partial charge in [0.25, 0.3) is 0 Å². The smallest absolute Gasteiger partial charge is 0.249 e. The fourth-order valence-corrected chi connectivity index (χ4v) is 4.86. The van der Waals surface area contributed by atoms with Crippen molar-refractivity contribution in [3.8, 4) is 0 Å². The number of fused-ring (bicyclic) bond motifs is 1. The minimum atomic E-state index is 0.283. The fourth-order valence-electron chi connectivity index (χ4n) is 4.86. The normalized spacial score (nSPS) is 33.1. The number of hydrogen-bond acceptors (Lipinski definition) is 1. The number of amides is 1. The monoisotopic (exact) mass is 301 g/mol. The summed E-state index contributed by atoms with van der Waals surface area (Å²) in [6.45, 7) is 8.67. The second-order valence-electron chi connectivity index (χ2n) is 7.74. The molecule has 3 rings (SSSR count). The molecular formula is C20H31NO. The zero-order chi connectivity index (χ0) is 15.7. The molecule has 1 saturated carbocycles. The maximum absolute atomic E-state index is 12.7. The number of carbonyl (C=O) groups excluding carboxylic acids is 1. The summed E-state index contributed by atoms with van der Waals surface area (Å²) in [5.41, 5.74) is 4.27. The highest BCUT2D eigenvalue weighted by Gasteiger charge is 2.36. The van der Waals surface area contributed by atoms with Crippen LogP contribution >= 0.6 is 0 Å². The summed E-state index contributed by atoms with van der Waals surface area (Å²) in [4.78, 5) is 14.7. The standard InChI is InChI=1S/C20H31NO/c1-14-7-9-17(19-15(2)8-10-18(14)19)13-16(3)20(22)21-11-5-4-6-12-21/h13-14,17-18H,4-12H2,1-3H3. The second kappa shape index (κ2) is 6.60. The molecule has 0 N–H and O–H groups in total. The summed E-state index contributed by atoms with van der Waals surface area (Å²) in [6, 6.07) is 0. The van der Waals surface area contributed by atoms with Crippen molar-refractivity contribution < 1.29 is 4.79 Å². The number of nitrogens with zero attached hydrogens (tertiary/aromatic N) is 1. The number of rotatable bonds is 2. The first-order chi connectivity index (χ1) is 10.6. The Morgan fingerprint density at radius 2 is 1.86 bits per heavy atom. The van der Waals surface area contributed by atoms with Crippen LogP contribution in [-0.2, 0) is 4.79 Å². The van der Waals surface area contributed by atoms with Crippen LogP contribution in [0.15, 0.2) is 22.8 Å². The van der Waals surface area contributed by atoms with Gasteiger partial charge in [-0.15, -0.1) is 0 Å². The molecule has 3 atom stereocenters. The number of likely N-dealkylation sites (tertiary alicyclic amines) is 1. The van der Waals surface area contributed by atoms with Crippen LogP contribution in [0.3, 0.4) is 0 Å². The van der Waals surface area contributed by atoms with Crippen molar-refractivity contribution in [3.63, 3.8) is 0 Å². The van der Waals surface area contributed by atoms with Gasteiger partial charge in [0, 0.05) is 18.7 Å². The number of piperidine rings is 1. The Hall–Kier alpha value is -1.05. The molecule has 1 saturated heterocycles. The maximum Gasteiger partial charge on any atom is 0.249 e. The van der Waals surface area contributed by atoms with E-state index in [4.69, 9.17) is 0 Å². The molecule has 1 heterocycles. The lowest BCUT2D eigenvalue weighted by atomic mass is 9.71. The second-order valence-corrected chi connectivity index (χ2v) is 7.74. The van der Waals surface area contributed by atoms with E-state index in [9.17, 15) is 4.79 Å². The molecule has 0 aromatic heterocycles.